The predicted octanol–water partition coefficient (Wildman–Crippen LogP) is 4.32. The average molecular weight is 554 g/mol. The smallest absolute Gasteiger partial charge is 0.340 e. The molecule has 3 aliphatic rings. The summed E-state index contributed by atoms with van der Waals surface area (Å²) in [4.78, 5) is 30.4. The van der Waals surface area contributed by atoms with E-state index in [0.29, 0.717) is 34.3 Å². The normalized spacial score (nSPS) is 22.4. The van der Waals surface area contributed by atoms with Gasteiger partial charge in [-0.25, -0.2) is 9.78 Å². The molecule has 39 heavy (non-hydrogen) atoms. The summed E-state index contributed by atoms with van der Waals surface area (Å²) in [5.74, 6) is -0.247. The molecule has 0 N–H and O–H groups in total. The number of esters is 2. The van der Waals surface area contributed by atoms with E-state index >= 15 is 0 Å². The van der Waals surface area contributed by atoms with Crippen LogP contribution >= 0.6 is 11.6 Å². The van der Waals surface area contributed by atoms with E-state index in [1.54, 1.807) is 6.07 Å². The molecular formula is C28H24ClNO9. The van der Waals surface area contributed by atoms with Gasteiger partial charge in [-0.05, 0) is 47.5 Å². The molecule has 0 bridgehead atoms. The van der Waals surface area contributed by atoms with Crippen molar-refractivity contribution in [3.8, 4) is 28.7 Å². The highest BCUT2D eigenvalue weighted by atomic mass is 35.5. The molecule has 11 heteroatoms. The van der Waals surface area contributed by atoms with Crippen LogP contribution in [0.15, 0.2) is 42.6 Å². The van der Waals surface area contributed by atoms with Gasteiger partial charge in [-0.1, -0.05) is 11.6 Å². The van der Waals surface area contributed by atoms with Crippen LogP contribution in [0.3, 0.4) is 0 Å². The van der Waals surface area contributed by atoms with Crippen LogP contribution < -0.4 is 23.7 Å². The summed E-state index contributed by atoms with van der Waals surface area (Å²) in [7, 11) is 4.58. The molecule has 1 aromatic heterocycles. The molecule has 1 aliphatic carbocycles. The zero-order chi connectivity index (χ0) is 27.3. The molecule has 10 nitrogen and oxygen atoms in total. The van der Waals surface area contributed by atoms with E-state index in [1.165, 1.54) is 39.7 Å². The quantitative estimate of drug-likeness (QED) is 0.323. The number of hydrogen-bond acceptors (Lipinski definition) is 10. The summed E-state index contributed by atoms with van der Waals surface area (Å²) >= 11 is 5.89. The van der Waals surface area contributed by atoms with Crippen molar-refractivity contribution in [1.82, 2.24) is 4.98 Å². The zero-order valence-electron chi connectivity index (χ0n) is 21.3. The van der Waals surface area contributed by atoms with Crippen molar-refractivity contribution in [3.05, 3.63) is 70.0 Å². The number of fused-ring (bicyclic) bond motifs is 3. The Kier molecular flexibility index (Phi) is 6.34. The third kappa shape index (κ3) is 4.15. The molecule has 0 saturated carbocycles. The van der Waals surface area contributed by atoms with Gasteiger partial charge in [0.25, 0.3) is 0 Å². The van der Waals surface area contributed by atoms with Crippen LogP contribution in [0.1, 0.15) is 39.1 Å². The van der Waals surface area contributed by atoms with Crippen LogP contribution in [0.4, 0.5) is 0 Å². The summed E-state index contributed by atoms with van der Waals surface area (Å²) in [5, 5.41) is 0.255. The lowest BCUT2D eigenvalue weighted by atomic mass is 9.66. The number of ether oxygens (including phenoxy) is 7. The lowest BCUT2D eigenvalue weighted by Crippen LogP contribution is -2.36. The number of rotatable bonds is 6. The number of carbonyl (C=O) groups is 2. The lowest BCUT2D eigenvalue weighted by molar-refractivity contribution is -0.141. The highest BCUT2D eigenvalue weighted by Gasteiger charge is 2.54. The maximum Gasteiger partial charge on any atom is 0.340 e. The van der Waals surface area contributed by atoms with Crippen LogP contribution in [-0.2, 0) is 14.3 Å². The minimum absolute atomic E-state index is 0.0584. The fraction of sp³-hybridized carbons (Fsp3) is 0.321. The second-order valence-electron chi connectivity index (χ2n) is 9.29. The Morgan fingerprint density at radius 2 is 1.64 bits per heavy atom. The Morgan fingerprint density at radius 1 is 0.949 bits per heavy atom. The van der Waals surface area contributed by atoms with E-state index in [1.807, 2.05) is 18.2 Å². The molecule has 3 heterocycles. The molecule has 4 atom stereocenters. The van der Waals surface area contributed by atoms with Gasteiger partial charge < -0.3 is 33.2 Å². The fourth-order valence-electron chi connectivity index (χ4n) is 5.62. The summed E-state index contributed by atoms with van der Waals surface area (Å²) in [6, 6.07) is 10.3. The van der Waals surface area contributed by atoms with E-state index in [0.717, 1.165) is 11.1 Å². The Hall–Kier alpha value is -4.18. The molecule has 2 aliphatic heterocycles. The van der Waals surface area contributed by atoms with Gasteiger partial charge in [0.2, 0.25) is 12.5 Å². The first-order valence-electron chi connectivity index (χ1n) is 12.2. The van der Waals surface area contributed by atoms with E-state index in [-0.39, 0.29) is 24.1 Å². The molecule has 3 aromatic rings. The minimum atomic E-state index is -0.799. The van der Waals surface area contributed by atoms with Crippen molar-refractivity contribution in [2.24, 2.45) is 11.8 Å². The number of aromatic nitrogens is 1. The van der Waals surface area contributed by atoms with Gasteiger partial charge in [0.1, 0.15) is 11.3 Å². The summed E-state index contributed by atoms with van der Waals surface area (Å²) in [5.41, 5.74) is 2.40. The molecule has 0 spiro atoms. The number of methoxy groups -OCH3 is 3. The highest BCUT2D eigenvalue weighted by Crippen LogP contribution is 2.56. The van der Waals surface area contributed by atoms with Crippen LogP contribution in [0.2, 0.25) is 5.15 Å². The number of hydrogen-bond donors (Lipinski definition) is 0. The topological polar surface area (TPSA) is 112 Å². The molecule has 202 valence electrons. The number of benzene rings is 2. The van der Waals surface area contributed by atoms with Crippen molar-refractivity contribution >= 4 is 23.5 Å². The number of nitrogens with zero attached hydrogens (tertiary/aromatic N) is 1. The van der Waals surface area contributed by atoms with Crippen LogP contribution in [0.25, 0.3) is 0 Å². The van der Waals surface area contributed by atoms with Gasteiger partial charge in [0.15, 0.2) is 23.0 Å². The van der Waals surface area contributed by atoms with E-state index < -0.39 is 35.8 Å². The molecule has 0 radical (unpaired) electrons. The fourth-order valence-corrected chi connectivity index (χ4v) is 5.74. The van der Waals surface area contributed by atoms with Crippen molar-refractivity contribution in [2.45, 2.75) is 12.0 Å². The monoisotopic (exact) mass is 553 g/mol. The molecule has 0 unspecified atom stereocenters. The van der Waals surface area contributed by atoms with E-state index in [2.05, 4.69) is 4.98 Å². The van der Waals surface area contributed by atoms with Gasteiger partial charge in [-0.2, -0.15) is 0 Å². The SMILES string of the molecule is COc1cc([C@@H]2c3cc4c(cc3[C@H](OC(=O)c3ccc(Cl)nc3)[C@H]3COC(=O)[C@H]23)OCO4)cc(OC)c1OC. The second-order valence-corrected chi connectivity index (χ2v) is 9.67. The Morgan fingerprint density at radius 3 is 2.26 bits per heavy atom. The van der Waals surface area contributed by atoms with Crippen molar-refractivity contribution < 1.29 is 42.7 Å². The minimum Gasteiger partial charge on any atom is -0.493 e. The first-order valence-corrected chi connectivity index (χ1v) is 12.5. The lowest BCUT2D eigenvalue weighted by Gasteiger charge is -2.38. The first kappa shape index (κ1) is 25.1. The van der Waals surface area contributed by atoms with Gasteiger partial charge in [-0.3, -0.25) is 4.79 Å². The maximum atomic E-state index is 13.3. The van der Waals surface area contributed by atoms with Gasteiger partial charge in [0, 0.05) is 23.6 Å². The second kappa shape index (κ2) is 9.85. The van der Waals surface area contributed by atoms with Gasteiger partial charge in [-0.15, -0.1) is 0 Å². The predicted molar refractivity (Wildman–Crippen MR) is 136 cm³/mol. The standard InChI is InChI=1S/C28H24ClNO9/c1-33-20-6-14(7-21(34-2)26(20)35-3)23-15-8-18-19(38-12-37-18)9-16(15)25(17-11-36-28(32)24(17)23)39-27(31)13-4-5-22(29)30-10-13/h4-10,17,23-25H,11-12H2,1-3H3/t17-,23+,24-,25-/m0/s1. The van der Waals surface area contributed by atoms with Gasteiger partial charge >= 0.3 is 11.9 Å². The Labute approximate surface area is 228 Å². The zero-order valence-corrected chi connectivity index (χ0v) is 22.0. The average Bonchev–Trinajstić information content (AvgIpc) is 3.57. The number of pyridine rings is 1. The van der Waals surface area contributed by atoms with Crippen molar-refractivity contribution in [3.63, 3.8) is 0 Å². The number of cyclic esters (lactones) is 1. The third-order valence-electron chi connectivity index (χ3n) is 7.36. The first-order chi connectivity index (χ1) is 18.9. The number of carbonyl (C=O) groups excluding carboxylic acids is 2. The molecule has 6 rings (SSSR count). The van der Waals surface area contributed by atoms with Crippen LogP contribution in [-0.4, -0.2) is 51.7 Å². The third-order valence-corrected chi connectivity index (χ3v) is 7.59. The molecule has 1 fully saturated rings. The molecule has 1 saturated heterocycles. The Balaban J connectivity index is 1.51. The summed E-state index contributed by atoms with van der Waals surface area (Å²) < 4.78 is 39.6. The van der Waals surface area contributed by atoms with Crippen molar-refractivity contribution in [1.29, 1.82) is 0 Å². The van der Waals surface area contributed by atoms with Crippen LogP contribution in [0, 0.1) is 11.8 Å². The molecular weight excluding hydrogens is 530 g/mol. The van der Waals surface area contributed by atoms with E-state index in [4.69, 9.17) is 44.8 Å². The van der Waals surface area contributed by atoms with Gasteiger partial charge in [0.05, 0.1) is 39.4 Å². The van der Waals surface area contributed by atoms with Crippen molar-refractivity contribution in [2.75, 3.05) is 34.7 Å². The Bertz CT molecular complexity index is 1430. The van der Waals surface area contributed by atoms with E-state index in [9.17, 15) is 9.59 Å². The molecule has 0 amide bonds. The summed E-state index contributed by atoms with van der Waals surface area (Å²) in [6.07, 6.45) is 0.549. The number of halogens is 1. The molecule has 2 aromatic carbocycles. The summed E-state index contributed by atoms with van der Waals surface area (Å²) in [6.45, 7) is 0.137. The largest absolute Gasteiger partial charge is 0.493 e. The highest BCUT2D eigenvalue weighted by molar-refractivity contribution is 6.29. The van der Waals surface area contributed by atoms with Crippen LogP contribution in [0.5, 0.6) is 28.7 Å². The maximum absolute atomic E-state index is 13.3.